The van der Waals surface area contributed by atoms with Crippen LogP contribution in [0.2, 0.25) is 0 Å². The first-order valence-corrected chi connectivity index (χ1v) is 7.48. The standard InChI is InChI=1S/C19H13N3O3/c1-12-2-3-14-9-15(19(23)21-18(14)8-12)10-16(11-20)13-4-6-17(7-5-13)22(24)25/h2-10H,1H3,(H,21,23). The van der Waals surface area contributed by atoms with Crippen LogP contribution in [0.1, 0.15) is 16.7 Å². The number of pyridine rings is 1. The van der Waals surface area contributed by atoms with E-state index in [4.69, 9.17) is 0 Å². The average molecular weight is 331 g/mol. The molecule has 0 aliphatic rings. The molecule has 3 rings (SSSR count). The monoisotopic (exact) mass is 331 g/mol. The van der Waals surface area contributed by atoms with E-state index in [0.29, 0.717) is 11.1 Å². The Kier molecular flexibility index (Phi) is 4.14. The van der Waals surface area contributed by atoms with Crippen LogP contribution in [0, 0.1) is 28.4 Å². The zero-order chi connectivity index (χ0) is 18.0. The molecule has 6 heteroatoms. The van der Waals surface area contributed by atoms with Crippen LogP contribution in [0.25, 0.3) is 22.6 Å². The average Bonchev–Trinajstić information content (AvgIpc) is 2.60. The second-order valence-electron chi connectivity index (χ2n) is 5.62. The fraction of sp³-hybridized carbons (Fsp3) is 0.0526. The molecule has 0 atom stereocenters. The number of non-ortho nitro benzene ring substituents is 1. The van der Waals surface area contributed by atoms with E-state index in [9.17, 15) is 20.2 Å². The number of nitrogens with zero attached hydrogens (tertiary/aromatic N) is 2. The zero-order valence-electron chi connectivity index (χ0n) is 13.3. The molecule has 0 aliphatic heterocycles. The number of nitrogens with one attached hydrogen (secondary N) is 1. The van der Waals surface area contributed by atoms with Gasteiger partial charge in [-0.1, -0.05) is 12.1 Å². The maximum Gasteiger partial charge on any atom is 0.269 e. The van der Waals surface area contributed by atoms with Crippen LogP contribution in [0.4, 0.5) is 5.69 Å². The van der Waals surface area contributed by atoms with Crippen LogP contribution >= 0.6 is 0 Å². The number of fused-ring (bicyclic) bond motifs is 1. The molecule has 0 saturated carbocycles. The van der Waals surface area contributed by atoms with Gasteiger partial charge in [0.1, 0.15) is 0 Å². The number of hydrogen-bond acceptors (Lipinski definition) is 4. The fourth-order valence-electron chi connectivity index (χ4n) is 2.54. The molecule has 0 fully saturated rings. The normalized spacial score (nSPS) is 11.3. The van der Waals surface area contributed by atoms with Gasteiger partial charge >= 0.3 is 0 Å². The third-order valence-electron chi connectivity index (χ3n) is 3.84. The van der Waals surface area contributed by atoms with Gasteiger partial charge in [0.2, 0.25) is 0 Å². The van der Waals surface area contributed by atoms with Crippen molar-refractivity contribution in [2.45, 2.75) is 6.92 Å². The number of aromatic amines is 1. The molecule has 0 bridgehead atoms. The van der Waals surface area contributed by atoms with Crippen LogP contribution in [-0.2, 0) is 0 Å². The van der Waals surface area contributed by atoms with Gasteiger partial charge in [-0.3, -0.25) is 14.9 Å². The lowest BCUT2D eigenvalue weighted by molar-refractivity contribution is -0.384. The van der Waals surface area contributed by atoms with Crippen molar-refractivity contribution in [3.8, 4) is 6.07 Å². The molecule has 0 aliphatic carbocycles. The highest BCUT2D eigenvalue weighted by Crippen LogP contribution is 2.21. The summed E-state index contributed by atoms with van der Waals surface area (Å²) in [7, 11) is 0. The van der Waals surface area contributed by atoms with Gasteiger partial charge in [0, 0.05) is 23.2 Å². The number of nitriles is 1. The molecule has 0 unspecified atom stereocenters. The van der Waals surface area contributed by atoms with E-state index in [1.54, 1.807) is 6.07 Å². The Hall–Kier alpha value is -3.72. The van der Waals surface area contributed by atoms with Crippen LogP contribution in [0.3, 0.4) is 0 Å². The molecule has 0 saturated heterocycles. The Morgan fingerprint density at radius 1 is 1.20 bits per heavy atom. The fourth-order valence-corrected chi connectivity index (χ4v) is 2.54. The summed E-state index contributed by atoms with van der Waals surface area (Å²) < 4.78 is 0. The molecule has 3 aromatic rings. The number of hydrogen-bond donors (Lipinski definition) is 1. The third-order valence-corrected chi connectivity index (χ3v) is 3.84. The summed E-state index contributed by atoms with van der Waals surface area (Å²) in [5, 5.41) is 21.0. The molecular formula is C19H13N3O3. The van der Waals surface area contributed by atoms with Crippen molar-refractivity contribution in [3.63, 3.8) is 0 Å². The minimum absolute atomic E-state index is 0.0556. The van der Waals surface area contributed by atoms with Crippen molar-refractivity contribution in [2.24, 2.45) is 0 Å². The van der Waals surface area contributed by atoms with Crippen LogP contribution in [0.15, 0.2) is 53.3 Å². The maximum atomic E-state index is 12.3. The molecule has 0 spiro atoms. The lowest BCUT2D eigenvalue weighted by atomic mass is 10.0. The SMILES string of the molecule is Cc1ccc2cc(C=C(C#N)c3ccc([N+](=O)[O-])cc3)c(=O)[nH]c2c1. The van der Waals surface area contributed by atoms with E-state index >= 15 is 0 Å². The van der Waals surface area contributed by atoms with Gasteiger partial charge in [-0.25, -0.2) is 0 Å². The van der Waals surface area contributed by atoms with Crippen LogP contribution < -0.4 is 5.56 Å². The zero-order valence-corrected chi connectivity index (χ0v) is 13.3. The molecule has 1 heterocycles. The van der Waals surface area contributed by atoms with Crippen molar-refractivity contribution in [2.75, 3.05) is 0 Å². The number of nitro groups is 1. The number of H-pyrrole nitrogens is 1. The molecule has 6 nitrogen and oxygen atoms in total. The smallest absolute Gasteiger partial charge is 0.269 e. The van der Waals surface area contributed by atoms with E-state index < -0.39 is 4.92 Å². The number of rotatable bonds is 3. The maximum absolute atomic E-state index is 12.3. The molecule has 25 heavy (non-hydrogen) atoms. The Bertz CT molecular complexity index is 1100. The van der Waals surface area contributed by atoms with Gasteiger partial charge in [-0.15, -0.1) is 0 Å². The first-order valence-electron chi connectivity index (χ1n) is 7.48. The lowest BCUT2D eigenvalue weighted by Gasteiger charge is -2.03. The van der Waals surface area contributed by atoms with Gasteiger partial charge in [0.05, 0.1) is 16.6 Å². The summed E-state index contributed by atoms with van der Waals surface area (Å²) in [5.74, 6) is 0. The van der Waals surface area contributed by atoms with E-state index in [2.05, 4.69) is 4.98 Å². The summed E-state index contributed by atoms with van der Waals surface area (Å²) in [6, 6.07) is 15.1. The predicted molar refractivity (Wildman–Crippen MR) is 95.9 cm³/mol. The highest BCUT2D eigenvalue weighted by Gasteiger charge is 2.08. The van der Waals surface area contributed by atoms with Crippen molar-refractivity contribution < 1.29 is 4.92 Å². The minimum Gasteiger partial charge on any atom is -0.321 e. The van der Waals surface area contributed by atoms with E-state index in [1.807, 2.05) is 31.2 Å². The van der Waals surface area contributed by atoms with Crippen LogP contribution in [0.5, 0.6) is 0 Å². The van der Waals surface area contributed by atoms with Crippen molar-refractivity contribution in [1.82, 2.24) is 4.98 Å². The van der Waals surface area contributed by atoms with Gasteiger partial charge in [-0.2, -0.15) is 5.26 Å². The highest BCUT2D eigenvalue weighted by atomic mass is 16.6. The van der Waals surface area contributed by atoms with Crippen molar-refractivity contribution in [3.05, 3.63) is 85.7 Å². The van der Waals surface area contributed by atoms with E-state index in [-0.39, 0.29) is 16.8 Å². The van der Waals surface area contributed by atoms with Crippen molar-refractivity contribution >= 4 is 28.2 Å². The lowest BCUT2D eigenvalue weighted by Crippen LogP contribution is -2.09. The number of benzene rings is 2. The first kappa shape index (κ1) is 16.1. The van der Waals surface area contributed by atoms with Crippen LogP contribution in [-0.4, -0.2) is 9.91 Å². The summed E-state index contributed by atoms with van der Waals surface area (Å²) in [4.78, 5) is 25.3. The predicted octanol–water partition coefficient (Wildman–Crippen LogP) is 3.81. The van der Waals surface area contributed by atoms with Gasteiger partial charge in [0.15, 0.2) is 0 Å². The largest absolute Gasteiger partial charge is 0.321 e. The molecule has 1 aromatic heterocycles. The highest BCUT2D eigenvalue weighted by molar-refractivity contribution is 5.91. The number of aromatic nitrogens is 1. The second kappa shape index (κ2) is 6.42. The number of aryl methyl sites for hydroxylation is 1. The summed E-state index contributed by atoms with van der Waals surface area (Å²) in [6.07, 6.45) is 1.49. The Morgan fingerprint density at radius 3 is 2.56 bits per heavy atom. The third kappa shape index (κ3) is 3.31. The van der Waals surface area contributed by atoms with Gasteiger partial charge < -0.3 is 4.98 Å². The van der Waals surface area contributed by atoms with E-state index in [1.165, 1.54) is 30.3 Å². The molecular weight excluding hydrogens is 318 g/mol. The van der Waals surface area contributed by atoms with Gasteiger partial charge in [0.25, 0.3) is 11.2 Å². The topological polar surface area (TPSA) is 99.8 Å². The molecule has 122 valence electrons. The molecule has 2 aromatic carbocycles. The first-order chi connectivity index (χ1) is 12.0. The Balaban J connectivity index is 2.08. The summed E-state index contributed by atoms with van der Waals surface area (Å²) in [5.41, 5.74) is 2.54. The quantitative estimate of drug-likeness (QED) is 0.448. The summed E-state index contributed by atoms with van der Waals surface area (Å²) >= 11 is 0. The number of nitro benzene ring substituents is 1. The number of allylic oxidation sites excluding steroid dienone is 1. The second-order valence-corrected chi connectivity index (χ2v) is 5.62. The molecule has 0 amide bonds. The van der Waals surface area contributed by atoms with Crippen molar-refractivity contribution in [1.29, 1.82) is 5.26 Å². The molecule has 1 N–H and O–H groups in total. The minimum atomic E-state index is -0.504. The van der Waals surface area contributed by atoms with Gasteiger partial charge in [-0.05, 0) is 53.8 Å². The molecule has 0 radical (unpaired) electrons. The summed E-state index contributed by atoms with van der Waals surface area (Å²) in [6.45, 7) is 1.94. The Morgan fingerprint density at radius 2 is 1.92 bits per heavy atom. The van der Waals surface area contributed by atoms with E-state index in [0.717, 1.165) is 16.5 Å². The Labute approximate surface area is 142 Å².